The van der Waals surface area contributed by atoms with Gasteiger partial charge in [0.2, 0.25) is 5.88 Å². The van der Waals surface area contributed by atoms with Crippen LogP contribution in [0.25, 0.3) is 0 Å². The minimum atomic E-state index is 0.384. The molecule has 2 rings (SSSR count). The summed E-state index contributed by atoms with van der Waals surface area (Å²) in [6.45, 7) is 1.91. The summed E-state index contributed by atoms with van der Waals surface area (Å²) < 4.78 is 9.07. The van der Waals surface area contributed by atoms with Gasteiger partial charge in [-0.15, -0.1) is 11.6 Å². The minimum absolute atomic E-state index is 0.384. The van der Waals surface area contributed by atoms with Gasteiger partial charge in [0, 0.05) is 14.1 Å². The normalized spacial score (nSPS) is 10.8. The summed E-state index contributed by atoms with van der Waals surface area (Å²) in [5.74, 6) is 1.73. The van der Waals surface area contributed by atoms with E-state index in [1.165, 1.54) is 0 Å². The lowest BCUT2D eigenvalue weighted by Gasteiger charge is -2.04. The van der Waals surface area contributed by atoms with Gasteiger partial charge in [-0.2, -0.15) is 10.2 Å². The predicted octanol–water partition coefficient (Wildman–Crippen LogP) is 1.99. The Morgan fingerprint density at radius 1 is 1.44 bits per heavy atom. The fraction of sp³-hybridized carbons (Fsp3) is 0.400. The van der Waals surface area contributed by atoms with Gasteiger partial charge in [-0.25, -0.2) is 4.68 Å². The molecule has 0 aliphatic carbocycles. The van der Waals surface area contributed by atoms with E-state index in [1.807, 2.05) is 21.0 Å². The summed E-state index contributed by atoms with van der Waals surface area (Å²) in [5, 5.41) is 8.30. The van der Waals surface area contributed by atoms with Crippen molar-refractivity contribution >= 4 is 11.6 Å². The molecule has 0 aliphatic rings. The van der Waals surface area contributed by atoms with E-state index in [9.17, 15) is 0 Å². The fourth-order valence-electron chi connectivity index (χ4n) is 1.53. The molecule has 0 fully saturated rings. The van der Waals surface area contributed by atoms with Gasteiger partial charge in [-0.05, 0) is 6.92 Å². The van der Waals surface area contributed by atoms with Crippen LogP contribution in [-0.2, 0) is 20.0 Å². The SMILES string of the molecule is Cc1nn(C)c(Oc2cnn(C)c2)c1CCl. The molecule has 0 radical (unpaired) electrons. The number of nitrogens with zero attached hydrogens (tertiary/aromatic N) is 4. The molecule has 0 aromatic carbocycles. The van der Waals surface area contributed by atoms with Crippen LogP contribution in [0, 0.1) is 6.92 Å². The van der Waals surface area contributed by atoms with Gasteiger partial charge in [-0.3, -0.25) is 4.68 Å². The second kappa shape index (κ2) is 4.17. The Morgan fingerprint density at radius 2 is 2.19 bits per heavy atom. The van der Waals surface area contributed by atoms with Crippen LogP contribution in [0.5, 0.6) is 11.6 Å². The van der Waals surface area contributed by atoms with Crippen molar-refractivity contribution in [3.8, 4) is 11.6 Å². The second-order valence-electron chi connectivity index (χ2n) is 3.58. The van der Waals surface area contributed by atoms with Gasteiger partial charge in [-0.1, -0.05) is 0 Å². The monoisotopic (exact) mass is 240 g/mol. The zero-order chi connectivity index (χ0) is 11.7. The maximum Gasteiger partial charge on any atom is 0.222 e. The molecule has 0 bridgehead atoms. The molecular formula is C10H13ClN4O. The van der Waals surface area contributed by atoms with Crippen molar-refractivity contribution in [2.45, 2.75) is 12.8 Å². The number of rotatable bonds is 3. The van der Waals surface area contributed by atoms with E-state index in [0.29, 0.717) is 17.5 Å². The van der Waals surface area contributed by atoms with Gasteiger partial charge < -0.3 is 4.74 Å². The first-order valence-electron chi connectivity index (χ1n) is 4.86. The molecule has 0 saturated carbocycles. The van der Waals surface area contributed by atoms with Gasteiger partial charge >= 0.3 is 0 Å². The molecule has 6 heteroatoms. The van der Waals surface area contributed by atoms with Gasteiger partial charge in [0.1, 0.15) is 0 Å². The third kappa shape index (κ3) is 1.90. The Hall–Kier alpha value is -1.49. The number of aromatic nitrogens is 4. The van der Waals surface area contributed by atoms with Crippen molar-refractivity contribution in [2.75, 3.05) is 0 Å². The molecule has 16 heavy (non-hydrogen) atoms. The highest BCUT2D eigenvalue weighted by molar-refractivity contribution is 6.17. The molecule has 2 aromatic heterocycles. The number of aryl methyl sites for hydroxylation is 3. The lowest BCUT2D eigenvalue weighted by Crippen LogP contribution is -1.95. The molecule has 86 valence electrons. The van der Waals surface area contributed by atoms with Crippen molar-refractivity contribution in [1.29, 1.82) is 0 Å². The minimum Gasteiger partial charge on any atom is -0.436 e. The van der Waals surface area contributed by atoms with E-state index < -0.39 is 0 Å². The molecular weight excluding hydrogens is 228 g/mol. The second-order valence-corrected chi connectivity index (χ2v) is 3.85. The standard InChI is InChI=1S/C10H13ClN4O/c1-7-9(4-11)10(15(3)13-7)16-8-5-12-14(2)6-8/h5-6H,4H2,1-3H3. The molecule has 0 aliphatic heterocycles. The highest BCUT2D eigenvalue weighted by Gasteiger charge is 2.14. The Kier molecular flexibility index (Phi) is 2.87. The summed E-state index contributed by atoms with van der Waals surface area (Å²) in [4.78, 5) is 0. The summed E-state index contributed by atoms with van der Waals surface area (Å²) >= 11 is 5.87. The maximum absolute atomic E-state index is 5.87. The molecule has 0 N–H and O–H groups in total. The molecule has 0 atom stereocenters. The third-order valence-corrected chi connectivity index (χ3v) is 2.59. The van der Waals surface area contributed by atoms with Crippen LogP contribution in [0.4, 0.5) is 0 Å². The van der Waals surface area contributed by atoms with Crippen LogP contribution in [0.3, 0.4) is 0 Å². The van der Waals surface area contributed by atoms with Crippen molar-refractivity contribution in [2.24, 2.45) is 14.1 Å². The predicted molar refractivity (Wildman–Crippen MR) is 60.8 cm³/mol. The number of halogens is 1. The first kappa shape index (κ1) is 11.0. The zero-order valence-corrected chi connectivity index (χ0v) is 10.2. The Labute approximate surface area is 98.6 Å². The van der Waals surface area contributed by atoms with E-state index in [2.05, 4.69) is 10.2 Å². The smallest absolute Gasteiger partial charge is 0.222 e. The van der Waals surface area contributed by atoms with Gasteiger partial charge in [0.15, 0.2) is 5.75 Å². The summed E-state index contributed by atoms with van der Waals surface area (Å²) in [6.07, 6.45) is 3.45. The van der Waals surface area contributed by atoms with Crippen molar-refractivity contribution in [1.82, 2.24) is 19.6 Å². The van der Waals surface area contributed by atoms with Crippen LogP contribution in [0.1, 0.15) is 11.3 Å². The molecule has 5 nitrogen and oxygen atoms in total. The third-order valence-electron chi connectivity index (χ3n) is 2.32. The molecule has 2 heterocycles. The number of ether oxygens (including phenoxy) is 1. The first-order chi connectivity index (χ1) is 7.61. The lowest BCUT2D eigenvalue weighted by molar-refractivity contribution is 0.427. The molecule has 0 spiro atoms. The van der Waals surface area contributed by atoms with E-state index >= 15 is 0 Å². The summed E-state index contributed by atoms with van der Waals surface area (Å²) in [5.41, 5.74) is 1.80. The largest absolute Gasteiger partial charge is 0.436 e. The molecule has 0 amide bonds. The number of hydrogen-bond acceptors (Lipinski definition) is 3. The average molecular weight is 241 g/mol. The van der Waals surface area contributed by atoms with Crippen molar-refractivity contribution in [3.05, 3.63) is 23.7 Å². The topological polar surface area (TPSA) is 44.9 Å². The Bertz CT molecular complexity index is 503. The summed E-state index contributed by atoms with van der Waals surface area (Å²) in [6, 6.07) is 0. The average Bonchev–Trinajstić information content (AvgIpc) is 2.73. The molecule has 2 aromatic rings. The van der Waals surface area contributed by atoms with Crippen molar-refractivity contribution in [3.63, 3.8) is 0 Å². The quantitative estimate of drug-likeness (QED) is 0.771. The number of hydrogen-bond donors (Lipinski definition) is 0. The molecule has 0 saturated heterocycles. The van der Waals surface area contributed by atoms with Crippen LogP contribution < -0.4 is 4.74 Å². The molecule has 0 unspecified atom stereocenters. The fourth-order valence-corrected chi connectivity index (χ4v) is 1.83. The highest BCUT2D eigenvalue weighted by atomic mass is 35.5. The van der Waals surface area contributed by atoms with E-state index in [-0.39, 0.29) is 0 Å². The van der Waals surface area contributed by atoms with Crippen LogP contribution in [0.15, 0.2) is 12.4 Å². The van der Waals surface area contributed by atoms with Crippen LogP contribution >= 0.6 is 11.6 Å². The maximum atomic E-state index is 5.87. The van der Waals surface area contributed by atoms with E-state index in [1.54, 1.807) is 21.8 Å². The zero-order valence-electron chi connectivity index (χ0n) is 9.44. The Morgan fingerprint density at radius 3 is 2.75 bits per heavy atom. The van der Waals surface area contributed by atoms with Gasteiger partial charge in [0.25, 0.3) is 0 Å². The van der Waals surface area contributed by atoms with E-state index in [0.717, 1.165) is 11.3 Å². The first-order valence-corrected chi connectivity index (χ1v) is 5.40. The highest BCUT2D eigenvalue weighted by Crippen LogP contribution is 2.27. The van der Waals surface area contributed by atoms with Crippen molar-refractivity contribution < 1.29 is 4.74 Å². The lowest BCUT2D eigenvalue weighted by atomic mass is 10.3. The van der Waals surface area contributed by atoms with Crippen LogP contribution in [0.2, 0.25) is 0 Å². The summed E-state index contributed by atoms with van der Waals surface area (Å²) in [7, 11) is 3.67. The van der Waals surface area contributed by atoms with Crippen LogP contribution in [-0.4, -0.2) is 19.6 Å². The Balaban J connectivity index is 2.33. The van der Waals surface area contributed by atoms with Gasteiger partial charge in [0.05, 0.1) is 29.5 Å². The van der Waals surface area contributed by atoms with E-state index in [4.69, 9.17) is 16.3 Å². The number of alkyl halides is 1.